The van der Waals surface area contributed by atoms with E-state index in [4.69, 9.17) is 23.2 Å². The first-order valence-corrected chi connectivity index (χ1v) is 11.9. The van der Waals surface area contributed by atoms with Crippen LogP contribution in [0.3, 0.4) is 0 Å². The molecule has 4 aromatic rings. The molecule has 4 nitrogen and oxygen atoms in total. The highest BCUT2D eigenvalue weighted by Gasteiger charge is 2.61. The third kappa shape index (κ3) is 3.06. The summed E-state index contributed by atoms with van der Waals surface area (Å²) in [5, 5.41) is 9.41. The number of fused-ring (bicyclic) bond motifs is 3. The third-order valence-corrected chi connectivity index (χ3v) is 7.61. The van der Waals surface area contributed by atoms with Crippen LogP contribution in [0.2, 0.25) is 10.0 Å². The van der Waals surface area contributed by atoms with Crippen molar-refractivity contribution in [1.29, 1.82) is 0 Å². The van der Waals surface area contributed by atoms with Gasteiger partial charge in [-0.3, -0.25) is 9.59 Å². The Labute approximate surface area is 206 Å². The Morgan fingerprint density at radius 3 is 2.44 bits per heavy atom. The zero-order valence-electron chi connectivity index (χ0n) is 18.0. The van der Waals surface area contributed by atoms with Crippen molar-refractivity contribution in [3.05, 3.63) is 112 Å². The molecule has 6 rings (SSSR count). The average molecular weight is 487 g/mol. The maximum atomic E-state index is 14.1. The van der Waals surface area contributed by atoms with Gasteiger partial charge in [-0.15, -0.1) is 0 Å². The molecule has 0 aromatic heterocycles. The number of hydrogen-bond acceptors (Lipinski definition) is 2. The first-order valence-electron chi connectivity index (χ1n) is 11.1. The molecule has 0 bridgehead atoms. The highest BCUT2D eigenvalue weighted by atomic mass is 35.5. The fraction of sp³-hybridized carbons (Fsp3) is 0.143. The Morgan fingerprint density at radius 2 is 1.59 bits per heavy atom. The van der Waals surface area contributed by atoms with Crippen molar-refractivity contribution in [3.63, 3.8) is 0 Å². The van der Waals surface area contributed by atoms with Crippen LogP contribution >= 0.6 is 23.2 Å². The molecule has 2 heterocycles. The Kier molecular flexibility index (Phi) is 4.91. The number of benzene rings is 4. The summed E-state index contributed by atoms with van der Waals surface area (Å²) in [6.45, 7) is 0. The van der Waals surface area contributed by atoms with E-state index in [1.807, 2.05) is 66.7 Å². The van der Waals surface area contributed by atoms with Crippen molar-refractivity contribution in [2.24, 2.45) is 0 Å². The molecule has 6 heteroatoms. The standard InChI is InChI=1S/C28H20Cl2N2O2/c29-18-8-3-7-17(13-18)23-15-25(33)32-26(21-10-4-6-16-5-1-2-9-20(16)21)28(23)22-12-11-19(30)14-24(22)31-27(28)34/h1-14,23,26H,15H2,(H,31,34)(H,32,33). The molecule has 4 aromatic carbocycles. The van der Waals surface area contributed by atoms with E-state index in [0.717, 1.165) is 27.5 Å². The van der Waals surface area contributed by atoms with Gasteiger partial charge in [0, 0.05) is 28.1 Å². The molecule has 2 aliphatic rings. The summed E-state index contributed by atoms with van der Waals surface area (Å²) < 4.78 is 0. The molecule has 1 fully saturated rings. The number of carbonyl (C=O) groups excluding carboxylic acids is 2. The second-order valence-electron chi connectivity index (χ2n) is 8.89. The van der Waals surface area contributed by atoms with Crippen molar-refractivity contribution in [1.82, 2.24) is 5.32 Å². The monoisotopic (exact) mass is 486 g/mol. The number of nitrogens with one attached hydrogen (secondary N) is 2. The van der Waals surface area contributed by atoms with Crippen molar-refractivity contribution >= 4 is 51.5 Å². The molecular weight excluding hydrogens is 467 g/mol. The average Bonchev–Trinajstić information content (AvgIpc) is 3.11. The van der Waals surface area contributed by atoms with E-state index in [0.29, 0.717) is 15.7 Å². The molecule has 1 saturated heterocycles. The van der Waals surface area contributed by atoms with E-state index in [2.05, 4.69) is 10.6 Å². The van der Waals surface area contributed by atoms with Gasteiger partial charge < -0.3 is 10.6 Å². The van der Waals surface area contributed by atoms with Crippen LogP contribution in [0.4, 0.5) is 5.69 Å². The second-order valence-corrected chi connectivity index (χ2v) is 9.77. The lowest BCUT2D eigenvalue weighted by Gasteiger charge is -2.46. The lowest BCUT2D eigenvalue weighted by atomic mass is 9.59. The van der Waals surface area contributed by atoms with Gasteiger partial charge in [0.05, 0.1) is 6.04 Å². The lowest BCUT2D eigenvalue weighted by Crippen LogP contribution is -2.56. The number of rotatable bonds is 2. The molecule has 2 amide bonds. The summed E-state index contributed by atoms with van der Waals surface area (Å²) in [5.74, 6) is -0.692. The number of anilines is 1. The molecule has 2 N–H and O–H groups in total. The Balaban J connectivity index is 1.68. The molecule has 2 aliphatic heterocycles. The largest absolute Gasteiger partial charge is 0.348 e. The summed E-state index contributed by atoms with van der Waals surface area (Å²) in [6.07, 6.45) is 0.164. The zero-order chi connectivity index (χ0) is 23.4. The molecule has 168 valence electrons. The van der Waals surface area contributed by atoms with Gasteiger partial charge in [0.1, 0.15) is 5.41 Å². The van der Waals surface area contributed by atoms with Crippen molar-refractivity contribution in [3.8, 4) is 0 Å². The molecule has 3 atom stereocenters. The van der Waals surface area contributed by atoms with Crippen LogP contribution < -0.4 is 10.6 Å². The minimum absolute atomic E-state index is 0.108. The number of amides is 2. The van der Waals surface area contributed by atoms with E-state index in [9.17, 15) is 9.59 Å². The third-order valence-electron chi connectivity index (χ3n) is 7.14. The number of hydrogen-bond donors (Lipinski definition) is 2. The van der Waals surface area contributed by atoms with Crippen molar-refractivity contribution in [2.75, 3.05) is 5.32 Å². The number of piperidine rings is 1. The van der Waals surface area contributed by atoms with Crippen LogP contribution in [0.25, 0.3) is 10.8 Å². The van der Waals surface area contributed by atoms with Gasteiger partial charge in [-0.1, -0.05) is 83.9 Å². The lowest BCUT2D eigenvalue weighted by molar-refractivity contribution is -0.131. The summed E-state index contributed by atoms with van der Waals surface area (Å²) >= 11 is 12.7. The summed E-state index contributed by atoms with van der Waals surface area (Å²) in [5.41, 5.74) is 2.17. The summed E-state index contributed by atoms with van der Waals surface area (Å²) in [6, 6.07) is 26.4. The van der Waals surface area contributed by atoms with Gasteiger partial charge in [0.2, 0.25) is 11.8 Å². The Hall–Kier alpha value is -3.34. The van der Waals surface area contributed by atoms with Gasteiger partial charge in [-0.05, 0) is 51.7 Å². The van der Waals surface area contributed by atoms with Crippen LogP contribution in [-0.4, -0.2) is 11.8 Å². The van der Waals surface area contributed by atoms with E-state index in [-0.39, 0.29) is 18.2 Å². The van der Waals surface area contributed by atoms with Crippen LogP contribution in [0.5, 0.6) is 0 Å². The molecule has 0 aliphatic carbocycles. The maximum absolute atomic E-state index is 14.1. The second kappa shape index (κ2) is 7.86. The van der Waals surface area contributed by atoms with Gasteiger partial charge in [0.15, 0.2) is 0 Å². The van der Waals surface area contributed by atoms with E-state index in [1.165, 1.54) is 0 Å². The van der Waals surface area contributed by atoms with Gasteiger partial charge >= 0.3 is 0 Å². The highest BCUT2D eigenvalue weighted by Crippen LogP contribution is 2.58. The Bertz CT molecular complexity index is 1480. The first kappa shape index (κ1) is 21.2. The molecule has 3 unspecified atom stereocenters. The van der Waals surface area contributed by atoms with Crippen molar-refractivity contribution in [2.45, 2.75) is 23.8 Å². The Morgan fingerprint density at radius 1 is 0.824 bits per heavy atom. The SMILES string of the molecule is O=C1CC(c2cccc(Cl)c2)C2(C(=O)Nc3cc(Cl)ccc32)C(c2cccc3ccccc23)N1. The van der Waals surface area contributed by atoms with E-state index in [1.54, 1.807) is 18.2 Å². The molecule has 1 spiro atoms. The fourth-order valence-electron chi connectivity index (χ4n) is 5.77. The van der Waals surface area contributed by atoms with Crippen LogP contribution in [0.15, 0.2) is 84.9 Å². The highest BCUT2D eigenvalue weighted by molar-refractivity contribution is 6.31. The smallest absolute Gasteiger partial charge is 0.238 e. The minimum Gasteiger partial charge on any atom is -0.348 e. The normalized spacial score (nSPS) is 23.6. The predicted octanol–water partition coefficient (Wildman–Crippen LogP) is 6.38. The van der Waals surface area contributed by atoms with Crippen LogP contribution in [-0.2, 0) is 15.0 Å². The van der Waals surface area contributed by atoms with E-state index < -0.39 is 17.4 Å². The maximum Gasteiger partial charge on any atom is 0.238 e. The molecular formula is C28H20Cl2N2O2. The van der Waals surface area contributed by atoms with Gasteiger partial charge in [-0.2, -0.15) is 0 Å². The quantitative estimate of drug-likeness (QED) is 0.345. The number of carbonyl (C=O) groups is 2. The fourth-order valence-corrected chi connectivity index (χ4v) is 6.14. The number of halogens is 2. The van der Waals surface area contributed by atoms with Gasteiger partial charge in [0.25, 0.3) is 0 Å². The van der Waals surface area contributed by atoms with Crippen molar-refractivity contribution < 1.29 is 9.59 Å². The first-order chi connectivity index (χ1) is 16.5. The predicted molar refractivity (Wildman–Crippen MR) is 135 cm³/mol. The van der Waals surface area contributed by atoms with Crippen LogP contribution in [0.1, 0.15) is 35.1 Å². The zero-order valence-corrected chi connectivity index (χ0v) is 19.5. The van der Waals surface area contributed by atoms with Crippen LogP contribution in [0, 0.1) is 0 Å². The topological polar surface area (TPSA) is 58.2 Å². The minimum atomic E-state index is -1.08. The summed E-state index contributed by atoms with van der Waals surface area (Å²) in [7, 11) is 0. The van der Waals surface area contributed by atoms with E-state index >= 15 is 0 Å². The van der Waals surface area contributed by atoms with Gasteiger partial charge in [-0.25, -0.2) is 0 Å². The summed E-state index contributed by atoms with van der Waals surface area (Å²) in [4.78, 5) is 27.2. The molecule has 0 saturated carbocycles. The molecule has 0 radical (unpaired) electrons. The molecule has 34 heavy (non-hydrogen) atoms.